The van der Waals surface area contributed by atoms with Gasteiger partial charge in [-0.1, -0.05) is 18.5 Å². The maximum Gasteiger partial charge on any atom is 0.417 e. The topological polar surface area (TPSA) is 39.2 Å². The Balaban J connectivity index is 3.52. The predicted octanol–water partition coefficient (Wildman–Crippen LogP) is 3.65. The smallest absolute Gasteiger partial charge is 0.417 e. The summed E-state index contributed by atoms with van der Waals surface area (Å²) >= 11 is 6.53. The number of ether oxygens (including phenoxy) is 1. The van der Waals surface area contributed by atoms with Crippen molar-refractivity contribution in [3.63, 3.8) is 0 Å². The van der Waals surface area contributed by atoms with Crippen LogP contribution in [0.2, 0.25) is 5.15 Å². The van der Waals surface area contributed by atoms with E-state index < -0.39 is 23.3 Å². The molecule has 0 amide bonds. The lowest BCUT2D eigenvalue weighted by Gasteiger charge is -2.14. The van der Waals surface area contributed by atoms with E-state index in [4.69, 9.17) is 11.6 Å². The lowest BCUT2D eigenvalue weighted by molar-refractivity contribution is -0.138. The van der Waals surface area contributed by atoms with Crippen LogP contribution in [0.15, 0.2) is 11.1 Å². The van der Waals surface area contributed by atoms with Crippen LogP contribution in [0.5, 0.6) is 0 Å². The van der Waals surface area contributed by atoms with Crippen LogP contribution in [-0.4, -0.2) is 23.8 Å². The second-order valence-corrected chi connectivity index (χ2v) is 4.74. The average Bonchev–Trinajstić information content (AvgIpc) is 2.26. The van der Waals surface area contributed by atoms with Crippen molar-refractivity contribution < 1.29 is 22.7 Å². The number of esters is 1. The van der Waals surface area contributed by atoms with Gasteiger partial charge < -0.3 is 4.74 Å². The summed E-state index contributed by atoms with van der Waals surface area (Å²) < 4.78 is 42.9. The Morgan fingerprint density at radius 3 is 2.61 bits per heavy atom. The van der Waals surface area contributed by atoms with E-state index in [1.807, 2.05) is 0 Å². The summed E-state index contributed by atoms with van der Waals surface area (Å²) in [7, 11) is 1.01. The first-order valence-corrected chi connectivity index (χ1v) is 6.16. The maximum absolute atomic E-state index is 12.8. The molecule has 0 aromatic carbocycles. The van der Waals surface area contributed by atoms with Crippen molar-refractivity contribution in [3.8, 4) is 0 Å². The first-order valence-electron chi connectivity index (χ1n) is 4.80. The van der Waals surface area contributed by atoms with Gasteiger partial charge in [0, 0.05) is 0 Å². The van der Waals surface area contributed by atoms with E-state index in [0.717, 1.165) is 18.9 Å². The minimum Gasteiger partial charge on any atom is -0.465 e. The molecular formula is C10H9ClF3NO2S. The number of nitrogens with zero attached hydrogens (tertiary/aromatic N) is 1. The fraction of sp³-hybridized carbons (Fsp3) is 0.400. The van der Waals surface area contributed by atoms with Gasteiger partial charge in [0.15, 0.2) is 0 Å². The number of alkyl halides is 3. The van der Waals surface area contributed by atoms with Crippen molar-refractivity contribution in [1.29, 1.82) is 0 Å². The van der Waals surface area contributed by atoms with Gasteiger partial charge in [0.2, 0.25) is 0 Å². The second kappa shape index (κ2) is 5.79. The number of aromatic nitrogens is 1. The summed E-state index contributed by atoms with van der Waals surface area (Å²) in [6.07, 6.45) is -4.70. The largest absolute Gasteiger partial charge is 0.465 e. The minimum absolute atomic E-state index is 0.0795. The molecule has 0 atom stereocenters. The Hall–Kier alpha value is -0.950. The third-order valence-electron chi connectivity index (χ3n) is 1.93. The maximum atomic E-state index is 12.8. The first-order chi connectivity index (χ1) is 8.31. The van der Waals surface area contributed by atoms with Crippen molar-refractivity contribution in [2.24, 2.45) is 0 Å². The number of rotatable bonds is 3. The van der Waals surface area contributed by atoms with E-state index >= 15 is 0 Å². The second-order valence-electron chi connectivity index (χ2n) is 3.10. The molecule has 1 rings (SSSR count). The van der Waals surface area contributed by atoms with Gasteiger partial charge in [-0.3, -0.25) is 0 Å². The van der Waals surface area contributed by atoms with Gasteiger partial charge in [-0.25, -0.2) is 9.78 Å². The molecule has 0 fully saturated rings. The number of pyridine rings is 1. The lowest BCUT2D eigenvalue weighted by atomic mass is 10.1. The zero-order chi connectivity index (χ0) is 13.9. The van der Waals surface area contributed by atoms with Crippen molar-refractivity contribution in [1.82, 2.24) is 4.98 Å². The summed E-state index contributed by atoms with van der Waals surface area (Å²) in [5.74, 6) is -0.628. The SMILES string of the molecule is CCSc1nc(Cl)cc(C(F)(F)F)c1C(=O)OC. The van der Waals surface area contributed by atoms with E-state index in [1.54, 1.807) is 6.92 Å². The van der Waals surface area contributed by atoms with Crippen LogP contribution in [0, 0.1) is 0 Å². The number of hydrogen-bond donors (Lipinski definition) is 0. The number of carbonyl (C=O) groups is 1. The highest BCUT2D eigenvalue weighted by Crippen LogP contribution is 2.37. The Labute approximate surface area is 111 Å². The molecule has 0 bridgehead atoms. The van der Waals surface area contributed by atoms with Gasteiger partial charge >= 0.3 is 12.1 Å². The summed E-state index contributed by atoms with van der Waals surface area (Å²) in [6, 6.07) is 0.619. The van der Waals surface area contributed by atoms with Crippen molar-refractivity contribution >= 4 is 29.3 Å². The molecule has 8 heteroatoms. The van der Waals surface area contributed by atoms with Gasteiger partial charge in [-0.2, -0.15) is 13.2 Å². The third-order valence-corrected chi connectivity index (χ3v) is 2.98. The minimum atomic E-state index is -4.70. The van der Waals surface area contributed by atoms with Crippen LogP contribution >= 0.6 is 23.4 Å². The Kier molecular flexibility index (Phi) is 4.86. The first kappa shape index (κ1) is 15.1. The molecule has 0 unspecified atom stereocenters. The fourth-order valence-corrected chi connectivity index (χ4v) is 2.27. The molecular weight excluding hydrogens is 291 g/mol. The van der Waals surface area contributed by atoms with Crippen molar-refractivity contribution in [2.45, 2.75) is 18.1 Å². The quantitative estimate of drug-likeness (QED) is 0.485. The van der Waals surface area contributed by atoms with E-state index in [-0.39, 0.29) is 10.2 Å². The molecule has 0 saturated carbocycles. The third kappa shape index (κ3) is 3.29. The number of thioether (sulfide) groups is 1. The van der Waals surface area contributed by atoms with E-state index in [1.165, 1.54) is 0 Å². The van der Waals surface area contributed by atoms with Gasteiger partial charge in [0.05, 0.1) is 12.7 Å². The summed E-state index contributed by atoms with van der Waals surface area (Å²) in [4.78, 5) is 15.2. The molecule has 0 radical (unpaired) electrons. The molecule has 1 aromatic heterocycles. The molecule has 0 aliphatic rings. The molecule has 0 spiro atoms. The van der Waals surface area contributed by atoms with Gasteiger partial charge in [-0.05, 0) is 11.8 Å². The van der Waals surface area contributed by atoms with E-state index in [9.17, 15) is 18.0 Å². The highest BCUT2D eigenvalue weighted by Gasteiger charge is 2.38. The number of carbonyl (C=O) groups excluding carboxylic acids is 1. The van der Waals surface area contributed by atoms with Crippen LogP contribution < -0.4 is 0 Å². The van der Waals surface area contributed by atoms with Crippen LogP contribution in [0.3, 0.4) is 0 Å². The highest BCUT2D eigenvalue weighted by atomic mass is 35.5. The number of halogens is 4. The van der Waals surface area contributed by atoms with Crippen molar-refractivity contribution in [3.05, 3.63) is 22.3 Å². The summed E-state index contributed by atoms with van der Waals surface area (Å²) in [6.45, 7) is 1.72. The zero-order valence-electron chi connectivity index (χ0n) is 9.47. The molecule has 1 heterocycles. The number of hydrogen-bond acceptors (Lipinski definition) is 4. The van der Waals surface area contributed by atoms with Gasteiger partial charge in [0.25, 0.3) is 0 Å². The predicted molar refractivity (Wildman–Crippen MR) is 62.0 cm³/mol. The van der Waals surface area contributed by atoms with E-state index in [2.05, 4.69) is 9.72 Å². The Morgan fingerprint density at radius 1 is 1.56 bits per heavy atom. The molecule has 0 aliphatic heterocycles. The van der Waals surface area contributed by atoms with E-state index in [0.29, 0.717) is 11.8 Å². The standard InChI is InChI=1S/C10H9ClF3NO2S/c1-3-18-8-7(9(16)17-2)5(10(12,13)14)4-6(11)15-8/h4H,3H2,1-2H3. The normalized spacial score (nSPS) is 11.4. The molecule has 0 saturated heterocycles. The molecule has 18 heavy (non-hydrogen) atoms. The monoisotopic (exact) mass is 299 g/mol. The summed E-state index contributed by atoms with van der Waals surface area (Å²) in [5, 5.41) is -0.393. The lowest BCUT2D eigenvalue weighted by Crippen LogP contribution is -2.16. The fourth-order valence-electron chi connectivity index (χ4n) is 1.26. The van der Waals surface area contributed by atoms with Crippen LogP contribution in [0.25, 0.3) is 0 Å². The van der Waals surface area contributed by atoms with Crippen LogP contribution in [0.1, 0.15) is 22.8 Å². The average molecular weight is 300 g/mol. The highest BCUT2D eigenvalue weighted by molar-refractivity contribution is 7.99. The van der Waals surface area contributed by atoms with Crippen LogP contribution in [0.4, 0.5) is 13.2 Å². The van der Waals surface area contributed by atoms with Gasteiger partial charge in [-0.15, -0.1) is 11.8 Å². The Bertz CT molecular complexity index is 465. The molecule has 0 N–H and O–H groups in total. The summed E-state index contributed by atoms with van der Waals surface area (Å²) in [5.41, 5.74) is -1.73. The number of methoxy groups -OCH3 is 1. The van der Waals surface area contributed by atoms with Gasteiger partial charge in [0.1, 0.15) is 15.7 Å². The van der Waals surface area contributed by atoms with Crippen molar-refractivity contribution in [2.75, 3.05) is 12.9 Å². The van der Waals surface area contributed by atoms with Crippen LogP contribution in [-0.2, 0) is 10.9 Å². The molecule has 3 nitrogen and oxygen atoms in total. The molecule has 1 aromatic rings. The Morgan fingerprint density at radius 2 is 2.17 bits per heavy atom. The molecule has 0 aliphatic carbocycles. The zero-order valence-corrected chi connectivity index (χ0v) is 11.0. The molecule has 100 valence electrons.